The summed E-state index contributed by atoms with van der Waals surface area (Å²) in [6, 6.07) is 12.6. The first-order valence-corrected chi connectivity index (χ1v) is 7.12. The maximum absolute atomic E-state index is 6.27. The van der Waals surface area contributed by atoms with Gasteiger partial charge in [0.25, 0.3) is 0 Å². The van der Waals surface area contributed by atoms with Crippen LogP contribution in [-0.2, 0) is 6.54 Å². The number of rotatable bonds is 4. The van der Waals surface area contributed by atoms with Crippen LogP contribution in [0.5, 0.6) is 0 Å². The van der Waals surface area contributed by atoms with E-state index in [4.69, 9.17) is 11.6 Å². The SMILES string of the molecule is Cc1ccc(CNc2ccc(N(C)C)c(Cl)c2)cc1C. The molecule has 2 rings (SSSR count). The van der Waals surface area contributed by atoms with E-state index in [1.165, 1.54) is 16.7 Å². The molecule has 0 saturated heterocycles. The van der Waals surface area contributed by atoms with Crippen molar-refractivity contribution in [1.29, 1.82) is 0 Å². The lowest BCUT2D eigenvalue weighted by molar-refractivity contribution is 1.12. The lowest BCUT2D eigenvalue weighted by atomic mass is 10.1. The predicted octanol–water partition coefficient (Wildman–Crippen LogP) is 4.63. The zero-order valence-corrected chi connectivity index (χ0v) is 13.3. The number of aryl methyl sites for hydroxylation is 2. The van der Waals surface area contributed by atoms with Gasteiger partial charge in [0.2, 0.25) is 0 Å². The average molecular weight is 289 g/mol. The Labute approximate surface area is 126 Å². The first-order chi connectivity index (χ1) is 9.47. The Morgan fingerprint density at radius 1 is 1.00 bits per heavy atom. The second-order valence-electron chi connectivity index (χ2n) is 5.33. The fourth-order valence-electron chi connectivity index (χ4n) is 2.10. The van der Waals surface area contributed by atoms with E-state index in [2.05, 4.69) is 43.4 Å². The summed E-state index contributed by atoms with van der Waals surface area (Å²) in [5.41, 5.74) is 6.00. The van der Waals surface area contributed by atoms with E-state index in [9.17, 15) is 0 Å². The standard InChI is InChI=1S/C17H21ClN2/c1-12-5-6-14(9-13(12)2)11-19-15-7-8-17(20(3)4)16(18)10-15/h5-10,19H,11H2,1-4H3. The van der Waals surface area contributed by atoms with Crippen molar-refractivity contribution in [3.63, 3.8) is 0 Å². The number of hydrogen-bond donors (Lipinski definition) is 1. The maximum Gasteiger partial charge on any atom is 0.0659 e. The molecular formula is C17H21ClN2. The van der Waals surface area contributed by atoms with Gasteiger partial charge in [0, 0.05) is 26.3 Å². The van der Waals surface area contributed by atoms with E-state index in [0.717, 1.165) is 22.9 Å². The van der Waals surface area contributed by atoms with E-state index < -0.39 is 0 Å². The van der Waals surface area contributed by atoms with Gasteiger partial charge in [-0.15, -0.1) is 0 Å². The molecule has 2 aromatic carbocycles. The third kappa shape index (κ3) is 3.45. The zero-order chi connectivity index (χ0) is 14.7. The fourth-order valence-corrected chi connectivity index (χ4v) is 2.45. The Bertz CT molecular complexity index is 606. The molecule has 106 valence electrons. The van der Waals surface area contributed by atoms with Crippen molar-refractivity contribution in [2.24, 2.45) is 0 Å². The maximum atomic E-state index is 6.27. The molecule has 0 aliphatic heterocycles. The van der Waals surface area contributed by atoms with Crippen LogP contribution in [0, 0.1) is 13.8 Å². The monoisotopic (exact) mass is 288 g/mol. The average Bonchev–Trinajstić information content (AvgIpc) is 2.40. The Kier molecular flexibility index (Phi) is 4.56. The minimum atomic E-state index is 0.764. The van der Waals surface area contributed by atoms with Crippen LogP contribution < -0.4 is 10.2 Å². The largest absolute Gasteiger partial charge is 0.381 e. The van der Waals surface area contributed by atoms with Gasteiger partial charge in [-0.2, -0.15) is 0 Å². The van der Waals surface area contributed by atoms with E-state index in [0.29, 0.717) is 0 Å². The number of anilines is 2. The highest BCUT2D eigenvalue weighted by atomic mass is 35.5. The van der Waals surface area contributed by atoms with E-state index in [-0.39, 0.29) is 0 Å². The second kappa shape index (κ2) is 6.19. The summed E-state index contributed by atoms with van der Waals surface area (Å²) >= 11 is 6.27. The highest BCUT2D eigenvalue weighted by Gasteiger charge is 2.04. The highest BCUT2D eigenvalue weighted by molar-refractivity contribution is 6.33. The Morgan fingerprint density at radius 3 is 2.35 bits per heavy atom. The molecule has 0 aliphatic carbocycles. The van der Waals surface area contributed by atoms with Gasteiger partial charge in [-0.1, -0.05) is 29.8 Å². The summed E-state index contributed by atoms with van der Waals surface area (Å²) < 4.78 is 0. The molecule has 0 radical (unpaired) electrons. The predicted molar refractivity (Wildman–Crippen MR) is 89.0 cm³/mol. The third-order valence-corrected chi connectivity index (χ3v) is 3.80. The van der Waals surface area contributed by atoms with E-state index in [1.54, 1.807) is 0 Å². The number of halogens is 1. The molecule has 0 amide bonds. The molecule has 0 bridgehead atoms. The topological polar surface area (TPSA) is 15.3 Å². The summed E-state index contributed by atoms with van der Waals surface area (Å²) in [5, 5.41) is 4.18. The zero-order valence-electron chi connectivity index (χ0n) is 12.5. The van der Waals surface area contributed by atoms with Gasteiger partial charge in [0.05, 0.1) is 10.7 Å². The number of nitrogens with one attached hydrogen (secondary N) is 1. The lowest BCUT2D eigenvalue weighted by Gasteiger charge is -2.16. The molecule has 0 fully saturated rings. The summed E-state index contributed by atoms with van der Waals surface area (Å²) in [4.78, 5) is 2.01. The first kappa shape index (κ1) is 14.7. The van der Waals surface area contributed by atoms with Crippen LogP contribution in [0.1, 0.15) is 16.7 Å². The van der Waals surface area contributed by atoms with Crippen molar-refractivity contribution in [2.75, 3.05) is 24.3 Å². The molecule has 0 saturated carbocycles. The van der Waals surface area contributed by atoms with Crippen molar-refractivity contribution in [3.05, 3.63) is 58.1 Å². The molecule has 0 heterocycles. The smallest absolute Gasteiger partial charge is 0.0659 e. The highest BCUT2D eigenvalue weighted by Crippen LogP contribution is 2.27. The van der Waals surface area contributed by atoms with Gasteiger partial charge < -0.3 is 10.2 Å². The minimum absolute atomic E-state index is 0.764. The summed E-state index contributed by atoms with van der Waals surface area (Å²) in [7, 11) is 3.98. The van der Waals surface area contributed by atoms with Crippen LogP contribution in [0.2, 0.25) is 5.02 Å². The van der Waals surface area contributed by atoms with Crippen LogP contribution in [0.15, 0.2) is 36.4 Å². The molecule has 2 nitrogen and oxygen atoms in total. The van der Waals surface area contributed by atoms with Crippen LogP contribution >= 0.6 is 11.6 Å². The number of hydrogen-bond acceptors (Lipinski definition) is 2. The summed E-state index contributed by atoms with van der Waals surface area (Å²) in [6.07, 6.45) is 0. The van der Waals surface area contributed by atoms with Crippen LogP contribution in [0.4, 0.5) is 11.4 Å². The molecule has 0 aliphatic rings. The Balaban J connectivity index is 2.07. The first-order valence-electron chi connectivity index (χ1n) is 6.74. The van der Waals surface area contributed by atoms with Gasteiger partial charge in [0.15, 0.2) is 0 Å². The van der Waals surface area contributed by atoms with Crippen molar-refractivity contribution in [1.82, 2.24) is 0 Å². The molecule has 20 heavy (non-hydrogen) atoms. The van der Waals surface area contributed by atoms with Gasteiger partial charge in [-0.05, 0) is 48.7 Å². The molecule has 2 aromatic rings. The lowest BCUT2D eigenvalue weighted by Crippen LogP contribution is -2.09. The van der Waals surface area contributed by atoms with E-state index >= 15 is 0 Å². The van der Waals surface area contributed by atoms with Crippen LogP contribution in [0.25, 0.3) is 0 Å². The van der Waals surface area contributed by atoms with Gasteiger partial charge in [-0.3, -0.25) is 0 Å². The molecule has 3 heteroatoms. The molecule has 0 unspecified atom stereocenters. The van der Waals surface area contributed by atoms with Gasteiger partial charge in [-0.25, -0.2) is 0 Å². The normalized spacial score (nSPS) is 10.4. The van der Waals surface area contributed by atoms with E-state index in [1.807, 2.05) is 31.1 Å². The van der Waals surface area contributed by atoms with Crippen molar-refractivity contribution in [2.45, 2.75) is 20.4 Å². The molecule has 0 atom stereocenters. The Morgan fingerprint density at radius 2 is 1.75 bits per heavy atom. The van der Waals surface area contributed by atoms with Gasteiger partial charge in [0.1, 0.15) is 0 Å². The molecule has 0 aromatic heterocycles. The summed E-state index contributed by atoms with van der Waals surface area (Å²) in [5.74, 6) is 0. The molecule has 1 N–H and O–H groups in total. The minimum Gasteiger partial charge on any atom is -0.381 e. The number of nitrogens with zero attached hydrogens (tertiary/aromatic N) is 1. The molecular weight excluding hydrogens is 268 g/mol. The quantitative estimate of drug-likeness (QED) is 0.882. The van der Waals surface area contributed by atoms with Gasteiger partial charge >= 0.3 is 0 Å². The second-order valence-corrected chi connectivity index (χ2v) is 5.74. The van der Waals surface area contributed by atoms with Crippen LogP contribution in [0.3, 0.4) is 0 Å². The Hall–Kier alpha value is -1.67. The molecule has 0 spiro atoms. The third-order valence-electron chi connectivity index (χ3n) is 3.50. The fraction of sp³-hybridized carbons (Fsp3) is 0.294. The summed E-state index contributed by atoms with van der Waals surface area (Å²) in [6.45, 7) is 5.08. The van der Waals surface area contributed by atoms with Crippen molar-refractivity contribution in [3.8, 4) is 0 Å². The van der Waals surface area contributed by atoms with Crippen molar-refractivity contribution < 1.29 is 0 Å². The van der Waals surface area contributed by atoms with Crippen molar-refractivity contribution >= 4 is 23.0 Å². The van der Waals surface area contributed by atoms with Crippen LogP contribution in [-0.4, -0.2) is 14.1 Å². The number of benzene rings is 2.